The van der Waals surface area contributed by atoms with Gasteiger partial charge < -0.3 is 4.42 Å². The molecule has 154 valence electrons. The molecule has 2 aromatic carbocycles. The molecule has 0 spiro atoms. The van der Waals surface area contributed by atoms with Crippen LogP contribution in [0, 0.1) is 0 Å². The first kappa shape index (κ1) is 18.5. The summed E-state index contributed by atoms with van der Waals surface area (Å²) in [5, 5.41) is 9.12. The quantitative estimate of drug-likeness (QED) is 0.419. The van der Waals surface area contributed by atoms with E-state index in [2.05, 4.69) is 10.1 Å². The summed E-state index contributed by atoms with van der Waals surface area (Å²) >= 11 is 1.29. The minimum atomic E-state index is -0.221. The van der Waals surface area contributed by atoms with E-state index in [9.17, 15) is 4.79 Å². The Hall–Kier alpha value is -4.30. The minimum absolute atomic E-state index is 0.221. The van der Waals surface area contributed by atoms with Gasteiger partial charge in [0.1, 0.15) is 0 Å². The van der Waals surface area contributed by atoms with Gasteiger partial charge in [-0.25, -0.2) is 4.68 Å². The third kappa shape index (κ3) is 3.14. The molecule has 0 aliphatic rings. The summed E-state index contributed by atoms with van der Waals surface area (Å²) in [5.74, 6) is 0.924. The molecule has 0 saturated heterocycles. The molecule has 0 amide bonds. The lowest BCUT2D eigenvalue weighted by molar-refractivity contribution is 0.577. The lowest BCUT2D eigenvalue weighted by atomic mass is 10.1. The first-order chi connectivity index (χ1) is 15.8. The number of benzene rings is 2. The Morgan fingerprint density at radius 3 is 2.41 bits per heavy atom. The van der Waals surface area contributed by atoms with E-state index in [0.717, 1.165) is 22.5 Å². The summed E-state index contributed by atoms with van der Waals surface area (Å²) in [6.07, 6.45) is 5.34. The molecule has 4 heterocycles. The van der Waals surface area contributed by atoms with Gasteiger partial charge in [0.05, 0.1) is 22.2 Å². The van der Waals surface area contributed by atoms with Crippen molar-refractivity contribution in [3.05, 3.63) is 106 Å². The second kappa shape index (κ2) is 7.44. The van der Waals surface area contributed by atoms with E-state index >= 15 is 0 Å². The maximum absolute atomic E-state index is 13.0. The van der Waals surface area contributed by atoms with Crippen LogP contribution < -0.4 is 10.1 Å². The lowest BCUT2D eigenvalue weighted by Gasteiger charge is -2.00. The van der Waals surface area contributed by atoms with Crippen LogP contribution >= 0.6 is 11.3 Å². The van der Waals surface area contributed by atoms with Gasteiger partial charge in [-0.3, -0.25) is 4.79 Å². The van der Waals surface area contributed by atoms with Gasteiger partial charge in [-0.1, -0.05) is 59.9 Å². The maximum Gasteiger partial charge on any atom is 0.291 e. The van der Waals surface area contributed by atoms with E-state index in [4.69, 9.17) is 9.52 Å². The summed E-state index contributed by atoms with van der Waals surface area (Å²) in [5.41, 5.74) is 3.33. The Labute approximate surface area is 185 Å². The van der Waals surface area contributed by atoms with Crippen LogP contribution in [0.1, 0.15) is 5.56 Å². The predicted molar refractivity (Wildman–Crippen MR) is 123 cm³/mol. The van der Waals surface area contributed by atoms with Crippen LogP contribution in [-0.2, 0) is 0 Å². The van der Waals surface area contributed by atoms with Crippen molar-refractivity contribution >= 4 is 22.4 Å². The Balaban J connectivity index is 1.51. The molecule has 0 saturated carbocycles. The van der Waals surface area contributed by atoms with Gasteiger partial charge in [-0.2, -0.15) is 14.6 Å². The zero-order valence-corrected chi connectivity index (χ0v) is 17.4. The third-order valence-corrected chi connectivity index (χ3v) is 5.98. The average molecular weight is 437 g/mol. The molecule has 8 heteroatoms. The number of rotatable bonds is 4. The Kier molecular flexibility index (Phi) is 4.29. The molecule has 32 heavy (non-hydrogen) atoms. The largest absolute Gasteiger partial charge is 0.461 e. The van der Waals surface area contributed by atoms with Crippen molar-refractivity contribution in [3.8, 4) is 28.5 Å². The third-order valence-electron chi connectivity index (χ3n) is 5.02. The van der Waals surface area contributed by atoms with E-state index in [1.807, 2.05) is 77.6 Å². The lowest BCUT2D eigenvalue weighted by Crippen LogP contribution is -2.23. The number of para-hydroxylation sites is 1. The van der Waals surface area contributed by atoms with Gasteiger partial charge in [0, 0.05) is 17.3 Å². The van der Waals surface area contributed by atoms with Crippen LogP contribution in [0.3, 0.4) is 0 Å². The standard InChI is InChI=1S/C24H15N5O2S/c30-23-20(32-24-25-22(27-29(23)24)19-12-7-13-31-19)14-17-15-28(18-10-5-2-6-11-18)26-21(17)16-8-3-1-4-9-16/h1-15H. The molecular weight excluding hydrogens is 422 g/mol. The second-order valence-corrected chi connectivity index (χ2v) is 8.11. The van der Waals surface area contributed by atoms with Crippen LogP contribution in [0.4, 0.5) is 0 Å². The molecule has 0 radical (unpaired) electrons. The normalized spacial score (nSPS) is 12.1. The fraction of sp³-hybridized carbons (Fsp3) is 0. The first-order valence-electron chi connectivity index (χ1n) is 9.92. The van der Waals surface area contributed by atoms with Crippen LogP contribution in [-0.4, -0.2) is 24.4 Å². The fourth-order valence-electron chi connectivity index (χ4n) is 3.51. The van der Waals surface area contributed by atoms with Crippen molar-refractivity contribution in [3.63, 3.8) is 0 Å². The van der Waals surface area contributed by atoms with Crippen molar-refractivity contribution < 1.29 is 4.42 Å². The highest BCUT2D eigenvalue weighted by molar-refractivity contribution is 7.15. The van der Waals surface area contributed by atoms with E-state index in [1.54, 1.807) is 18.4 Å². The van der Waals surface area contributed by atoms with Gasteiger partial charge in [0.2, 0.25) is 10.8 Å². The number of hydrogen-bond acceptors (Lipinski definition) is 6. The zero-order chi connectivity index (χ0) is 21.5. The predicted octanol–water partition coefficient (Wildman–Crippen LogP) is 3.81. The number of hydrogen-bond donors (Lipinski definition) is 0. The molecule has 7 nitrogen and oxygen atoms in total. The Morgan fingerprint density at radius 1 is 0.906 bits per heavy atom. The molecule has 0 N–H and O–H groups in total. The SMILES string of the molecule is O=c1c(=Cc2cn(-c3ccccc3)nc2-c2ccccc2)sc2nc(-c3ccco3)nn12. The fourth-order valence-corrected chi connectivity index (χ4v) is 4.41. The van der Waals surface area contributed by atoms with Gasteiger partial charge in [0.25, 0.3) is 5.56 Å². The number of thiazole rings is 1. The highest BCUT2D eigenvalue weighted by Gasteiger charge is 2.15. The molecule has 4 aromatic heterocycles. The van der Waals surface area contributed by atoms with Crippen molar-refractivity contribution in [1.29, 1.82) is 0 Å². The van der Waals surface area contributed by atoms with E-state index in [-0.39, 0.29) is 5.56 Å². The zero-order valence-electron chi connectivity index (χ0n) is 16.6. The van der Waals surface area contributed by atoms with Gasteiger partial charge in [-0.05, 0) is 30.3 Å². The Bertz CT molecular complexity index is 1630. The smallest absolute Gasteiger partial charge is 0.291 e. The van der Waals surface area contributed by atoms with Crippen molar-refractivity contribution in [2.45, 2.75) is 0 Å². The summed E-state index contributed by atoms with van der Waals surface area (Å²) in [7, 11) is 0. The molecule has 0 atom stereocenters. The number of aromatic nitrogens is 5. The summed E-state index contributed by atoms with van der Waals surface area (Å²) in [4.78, 5) is 18.0. The molecule has 0 unspecified atom stereocenters. The van der Waals surface area contributed by atoms with E-state index < -0.39 is 0 Å². The summed E-state index contributed by atoms with van der Waals surface area (Å²) in [6.45, 7) is 0. The first-order valence-corrected chi connectivity index (χ1v) is 10.7. The average Bonchev–Trinajstić information content (AvgIpc) is 3.61. The molecular formula is C24H15N5O2S. The highest BCUT2D eigenvalue weighted by Crippen LogP contribution is 2.24. The summed E-state index contributed by atoms with van der Waals surface area (Å²) < 4.78 is 9.02. The molecule has 6 aromatic rings. The number of furan rings is 1. The van der Waals surface area contributed by atoms with Gasteiger partial charge in [0.15, 0.2) is 5.76 Å². The Morgan fingerprint density at radius 2 is 1.69 bits per heavy atom. The van der Waals surface area contributed by atoms with Gasteiger partial charge >= 0.3 is 0 Å². The molecule has 0 aliphatic carbocycles. The van der Waals surface area contributed by atoms with Crippen LogP contribution in [0.5, 0.6) is 0 Å². The molecule has 0 bridgehead atoms. The van der Waals surface area contributed by atoms with Crippen molar-refractivity contribution in [1.82, 2.24) is 24.4 Å². The maximum atomic E-state index is 13.0. The molecule has 0 aliphatic heterocycles. The molecule has 6 rings (SSSR count). The molecule has 0 fully saturated rings. The minimum Gasteiger partial charge on any atom is -0.461 e. The van der Waals surface area contributed by atoms with Crippen molar-refractivity contribution in [2.75, 3.05) is 0 Å². The van der Waals surface area contributed by atoms with Crippen molar-refractivity contribution in [2.24, 2.45) is 0 Å². The number of fused-ring (bicyclic) bond motifs is 1. The summed E-state index contributed by atoms with van der Waals surface area (Å²) in [6, 6.07) is 23.3. The number of nitrogens with zero attached hydrogens (tertiary/aromatic N) is 5. The highest BCUT2D eigenvalue weighted by atomic mass is 32.1. The van der Waals surface area contributed by atoms with Gasteiger partial charge in [-0.15, -0.1) is 5.10 Å². The topological polar surface area (TPSA) is 78.2 Å². The van der Waals surface area contributed by atoms with Crippen LogP contribution in [0.25, 0.3) is 39.6 Å². The van der Waals surface area contributed by atoms with Crippen LogP contribution in [0.15, 0.2) is 94.5 Å². The van der Waals surface area contributed by atoms with E-state index in [0.29, 0.717) is 21.1 Å². The van der Waals surface area contributed by atoms with E-state index in [1.165, 1.54) is 15.9 Å². The van der Waals surface area contributed by atoms with Crippen LogP contribution in [0.2, 0.25) is 0 Å². The monoisotopic (exact) mass is 437 g/mol. The second-order valence-electron chi connectivity index (χ2n) is 7.10.